The predicted octanol–water partition coefficient (Wildman–Crippen LogP) is 3.51. The molecule has 0 unspecified atom stereocenters. The summed E-state index contributed by atoms with van der Waals surface area (Å²) in [6.07, 6.45) is 0. The normalized spacial score (nSPS) is 10.3. The van der Waals surface area contributed by atoms with E-state index in [0.29, 0.717) is 11.1 Å². The van der Waals surface area contributed by atoms with Gasteiger partial charge >= 0.3 is 5.97 Å². The molecular formula is C15H13FO3. The molecule has 0 aromatic heterocycles. The zero-order valence-electron chi connectivity index (χ0n) is 10.6. The molecule has 19 heavy (non-hydrogen) atoms. The second-order valence-electron chi connectivity index (χ2n) is 4.17. The Kier molecular flexibility index (Phi) is 3.51. The number of aryl methyl sites for hydroxylation is 1. The van der Waals surface area contributed by atoms with Gasteiger partial charge in [-0.05, 0) is 25.1 Å². The average Bonchev–Trinajstić information content (AvgIpc) is 2.40. The molecule has 0 fully saturated rings. The molecule has 2 aromatic carbocycles. The highest BCUT2D eigenvalue weighted by Crippen LogP contribution is 2.35. The number of para-hydroxylation sites is 1. The summed E-state index contributed by atoms with van der Waals surface area (Å²) in [5.41, 5.74) is 1.67. The molecule has 98 valence electrons. The van der Waals surface area contributed by atoms with Crippen molar-refractivity contribution in [1.82, 2.24) is 0 Å². The van der Waals surface area contributed by atoms with Gasteiger partial charge < -0.3 is 9.84 Å². The minimum atomic E-state index is -1.10. The maximum Gasteiger partial charge on any atom is 0.339 e. The number of ether oxygens (including phenoxy) is 1. The van der Waals surface area contributed by atoms with E-state index in [1.165, 1.54) is 19.2 Å². The lowest BCUT2D eigenvalue weighted by Crippen LogP contribution is -2.02. The first-order valence-electron chi connectivity index (χ1n) is 5.71. The van der Waals surface area contributed by atoms with Crippen LogP contribution >= 0.6 is 0 Å². The summed E-state index contributed by atoms with van der Waals surface area (Å²) in [5, 5.41) is 9.12. The van der Waals surface area contributed by atoms with Crippen LogP contribution in [0.1, 0.15) is 15.9 Å². The van der Waals surface area contributed by atoms with Gasteiger partial charge in [-0.25, -0.2) is 9.18 Å². The Morgan fingerprint density at radius 1 is 1.21 bits per heavy atom. The molecule has 3 nitrogen and oxygen atoms in total. The SMILES string of the molecule is COc1c(C(=O)O)cccc1-c1cc(C)ccc1F. The van der Waals surface area contributed by atoms with E-state index in [-0.39, 0.29) is 11.3 Å². The molecule has 0 atom stereocenters. The fourth-order valence-electron chi connectivity index (χ4n) is 1.98. The van der Waals surface area contributed by atoms with Crippen LogP contribution in [-0.2, 0) is 0 Å². The smallest absolute Gasteiger partial charge is 0.339 e. The van der Waals surface area contributed by atoms with E-state index in [1.54, 1.807) is 24.3 Å². The van der Waals surface area contributed by atoms with Crippen LogP contribution in [0.5, 0.6) is 5.75 Å². The zero-order valence-corrected chi connectivity index (χ0v) is 10.6. The maximum absolute atomic E-state index is 13.9. The van der Waals surface area contributed by atoms with Crippen LogP contribution in [0.25, 0.3) is 11.1 Å². The van der Waals surface area contributed by atoms with Gasteiger partial charge in [0.25, 0.3) is 0 Å². The third-order valence-electron chi connectivity index (χ3n) is 2.86. The molecule has 2 rings (SSSR count). The van der Waals surface area contributed by atoms with Gasteiger partial charge in [-0.3, -0.25) is 0 Å². The van der Waals surface area contributed by atoms with Crippen molar-refractivity contribution in [3.8, 4) is 16.9 Å². The number of carboxylic acids is 1. The van der Waals surface area contributed by atoms with Crippen molar-refractivity contribution in [2.45, 2.75) is 6.92 Å². The van der Waals surface area contributed by atoms with Crippen LogP contribution in [0.4, 0.5) is 4.39 Å². The Balaban J connectivity index is 2.72. The number of carboxylic acid groups (broad SMARTS) is 1. The van der Waals surface area contributed by atoms with Gasteiger partial charge in [0.2, 0.25) is 0 Å². The number of carbonyl (C=O) groups is 1. The highest BCUT2D eigenvalue weighted by atomic mass is 19.1. The Labute approximate surface area is 110 Å². The first-order valence-corrected chi connectivity index (χ1v) is 5.71. The second kappa shape index (κ2) is 5.10. The molecule has 4 heteroatoms. The molecule has 2 aromatic rings. The van der Waals surface area contributed by atoms with Crippen molar-refractivity contribution in [2.75, 3.05) is 7.11 Å². The number of methoxy groups -OCH3 is 1. The fourth-order valence-corrected chi connectivity index (χ4v) is 1.98. The number of halogens is 1. The monoisotopic (exact) mass is 260 g/mol. The van der Waals surface area contributed by atoms with Crippen molar-refractivity contribution in [3.63, 3.8) is 0 Å². The zero-order chi connectivity index (χ0) is 14.0. The van der Waals surface area contributed by atoms with E-state index < -0.39 is 11.8 Å². The van der Waals surface area contributed by atoms with Crippen molar-refractivity contribution in [1.29, 1.82) is 0 Å². The van der Waals surface area contributed by atoms with Crippen LogP contribution in [-0.4, -0.2) is 18.2 Å². The van der Waals surface area contributed by atoms with E-state index in [0.717, 1.165) is 5.56 Å². The van der Waals surface area contributed by atoms with Gasteiger partial charge in [-0.1, -0.05) is 23.8 Å². The molecule has 0 saturated carbocycles. The fraction of sp³-hybridized carbons (Fsp3) is 0.133. The Morgan fingerprint density at radius 2 is 1.95 bits per heavy atom. The summed E-state index contributed by atoms with van der Waals surface area (Å²) in [5.74, 6) is -1.35. The summed E-state index contributed by atoms with van der Waals surface area (Å²) in [4.78, 5) is 11.1. The third-order valence-corrected chi connectivity index (χ3v) is 2.86. The lowest BCUT2D eigenvalue weighted by atomic mass is 9.99. The summed E-state index contributed by atoms with van der Waals surface area (Å²) in [6, 6.07) is 9.33. The van der Waals surface area contributed by atoms with Crippen molar-refractivity contribution < 1.29 is 19.0 Å². The second-order valence-corrected chi connectivity index (χ2v) is 4.17. The average molecular weight is 260 g/mol. The Morgan fingerprint density at radius 3 is 2.58 bits per heavy atom. The van der Waals surface area contributed by atoms with E-state index in [4.69, 9.17) is 9.84 Å². The number of rotatable bonds is 3. The Hall–Kier alpha value is -2.36. The summed E-state index contributed by atoms with van der Waals surface area (Å²) < 4.78 is 19.0. The van der Waals surface area contributed by atoms with Crippen molar-refractivity contribution in [2.24, 2.45) is 0 Å². The van der Waals surface area contributed by atoms with Crippen LogP contribution in [0.3, 0.4) is 0 Å². The van der Waals surface area contributed by atoms with E-state index >= 15 is 0 Å². The highest BCUT2D eigenvalue weighted by molar-refractivity contribution is 5.94. The number of hydrogen-bond acceptors (Lipinski definition) is 2. The molecule has 1 N–H and O–H groups in total. The first kappa shape index (κ1) is 13.1. The quantitative estimate of drug-likeness (QED) is 0.918. The van der Waals surface area contributed by atoms with Gasteiger partial charge in [0.05, 0.1) is 7.11 Å². The molecule has 0 bridgehead atoms. The van der Waals surface area contributed by atoms with Gasteiger partial charge in [0.1, 0.15) is 17.1 Å². The van der Waals surface area contributed by atoms with Crippen LogP contribution in [0.2, 0.25) is 0 Å². The van der Waals surface area contributed by atoms with Crippen molar-refractivity contribution in [3.05, 3.63) is 53.3 Å². The molecule has 0 spiro atoms. The predicted molar refractivity (Wildman–Crippen MR) is 70.1 cm³/mol. The first-order chi connectivity index (χ1) is 9.04. The maximum atomic E-state index is 13.9. The topological polar surface area (TPSA) is 46.5 Å². The highest BCUT2D eigenvalue weighted by Gasteiger charge is 2.17. The standard InChI is InChI=1S/C15H13FO3/c1-9-6-7-13(16)12(8-9)10-4-3-5-11(15(17)18)14(10)19-2/h3-8H,1-2H3,(H,17,18). The van der Waals surface area contributed by atoms with E-state index in [9.17, 15) is 9.18 Å². The molecule has 0 saturated heterocycles. The molecule has 0 heterocycles. The van der Waals surface area contributed by atoms with E-state index in [1.807, 2.05) is 6.92 Å². The minimum absolute atomic E-state index is 0.0147. The lowest BCUT2D eigenvalue weighted by Gasteiger charge is -2.12. The summed E-state index contributed by atoms with van der Waals surface area (Å²) in [7, 11) is 1.37. The van der Waals surface area contributed by atoms with Crippen LogP contribution in [0.15, 0.2) is 36.4 Å². The number of benzene rings is 2. The lowest BCUT2D eigenvalue weighted by molar-refractivity contribution is 0.0693. The van der Waals surface area contributed by atoms with Crippen LogP contribution < -0.4 is 4.74 Å². The molecular weight excluding hydrogens is 247 g/mol. The summed E-state index contributed by atoms with van der Waals surface area (Å²) >= 11 is 0. The van der Waals surface area contributed by atoms with Gasteiger partial charge in [0.15, 0.2) is 0 Å². The molecule has 0 aliphatic heterocycles. The number of aromatic carboxylic acids is 1. The molecule has 0 radical (unpaired) electrons. The molecule has 0 amide bonds. The molecule has 0 aliphatic carbocycles. The van der Waals surface area contributed by atoms with Gasteiger partial charge in [-0.15, -0.1) is 0 Å². The third kappa shape index (κ3) is 2.42. The van der Waals surface area contributed by atoms with Crippen LogP contribution in [0, 0.1) is 12.7 Å². The largest absolute Gasteiger partial charge is 0.495 e. The molecule has 0 aliphatic rings. The number of hydrogen-bond donors (Lipinski definition) is 1. The van der Waals surface area contributed by atoms with Gasteiger partial charge in [-0.2, -0.15) is 0 Å². The Bertz CT molecular complexity index is 635. The van der Waals surface area contributed by atoms with E-state index in [2.05, 4.69) is 0 Å². The van der Waals surface area contributed by atoms with Gasteiger partial charge in [0, 0.05) is 11.1 Å². The summed E-state index contributed by atoms with van der Waals surface area (Å²) in [6.45, 7) is 1.84. The van der Waals surface area contributed by atoms with Crippen molar-refractivity contribution >= 4 is 5.97 Å². The minimum Gasteiger partial charge on any atom is -0.495 e.